The number of carboxylic acid groups (broad SMARTS) is 1. The standard InChI is InChI=1S/C12H14F3N3O2/c13-12(14,15)9-4-5-10(18-17-9)16-8-3-1-2-7(6-8)11(19)20/h4-5,7-8H,1-3,6H2,(H,16,18)(H,19,20). The smallest absolute Gasteiger partial charge is 0.435 e. The maximum Gasteiger partial charge on any atom is 0.435 e. The Morgan fingerprint density at radius 3 is 2.60 bits per heavy atom. The van der Waals surface area contributed by atoms with E-state index in [1.807, 2.05) is 0 Å². The van der Waals surface area contributed by atoms with Gasteiger partial charge < -0.3 is 10.4 Å². The summed E-state index contributed by atoms with van der Waals surface area (Å²) in [6.07, 6.45) is -1.90. The van der Waals surface area contributed by atoms with E-state index >= 15 is 0 Å². The quantitative estimate of drug-likeness (QED) is 0.894. The van der Waals surface area contributed by atoms with Crippen LogP contribution in [0.25, 0.3) is 0 Å². The van der Waals surface area contributed by atoms with Crippen molar-refractivity contribution in [3.8, 4) is 0 Å². The molecule has 1 aromatic rings. The van der Waals surface area contributed by atoms with Crippen molar-refractivity contribution in [1.29, 1.82) is 0 Å². The van der Waals surface area contributed by atoms with Crippen molar-refractivity contribution in [3.05, 3.63) is 17.8 Å². The first-order chi connectivity index (χ1) is 9.36. The largest absolute Gasteiger partial charge is 0.481 e. The minimum Gasteiger partial charge on any atom is -0.481 e. The molecule has 1 fully saturated rings. The Bertz CT molecular complexity index is 476. The molecule has 1 aromatic heterocycles. The second-order valence-electron chi connectivity index (χ2n) is 4.84. The van der Waals surface area contributed by atoms with Gasteiger partial charge in [-0.25, -0.2) is 0 Å². The molecular weight excluding hydrogens is 275 g/mol. The number of carbonyl (C=O) groups is 1. The van der Waals surface area contributed by atoms with Crippen molar-refractivity contribution in [3.63, 3.8) is 0 Å². The number of nitrogens with one attached hydrogen (secondary N) is 1. The molecule has 0 aromatic carbocycles. The first-order valence-corrected chi connectivity index (χ1v) is 6.26. The number of halogens is 3. The van der Waals surface area contributed by atoms with Crippen LogP contribution in [0.2, 0.25) is 0 Å². The molecule has 2 rings (SSSR count). The number of aromatic nitrogens is 2. The van der Waals surface area contributed by atoms with Gasteiger partial charge in [0.1, 0.15) is 5.82 Å². The Hall–Kier alpha value is -1.86. The normalized spacial score (nSPS) is 23.4. The molecule has 1 aliphatic rings. The van der Waals surface area contributed by atoms with Crippen LogP contribution in [-0.2, 0) is 11.0 Å². The van der Waals surface area contributed by atoms with Crippen LogP contribution in [0, 0.1) is 5.92 Å². The number of anilines is 1. The van der Waals surface area contributed by atoms with E-state index in [9.17, 15) is 18.0 Å². The van der Waals surface area contributed by atoms with Gasteiger partial charge in [0.05, 0.1) is 5.92 Å². The van der Waals surface area contributed by atoms with Gasteiger partial charge in [-0.2, -0.15) is 13.2 Å². The molecule has 1 heterocycles. The monoisotopic (exact) mass is 289 g/mol. The Kier molecular flexibility index (Phi) is 4.10. The number of alkyl halides is 3. The molecule has 20 heavy (non-hydrogen) atoms. The summed E-state index contributed by atoms with van der Waals surface area (Å²) in [5, 5.41) is 18.5. The maximum absolute atomic E-state index is 12.3. The summed E-state index contributed by atoms with van der Waals surface area (Å²) in [6.45, 7) is 0. The molecule has 0 radical (unpaired) electrons. The van der Waals surface area contributed by atoms with Crippen LogP contribution in [0.4, 0.5) is 19.0 Å². The molecule has 8 heteroatoms. The second-order valence-corrected chi connectivity index (χ2v) is 4.84. The third-order valence-corrected chi connectivity index (χ3v) is 3.33. The van der Waals surface area contributed by atoms with E-state index in [1.54, 1.807) is 0 Å². The summed E-state index contributed by atoms with van der Waals surface area (Å²) in [6, 6.07) is 1.96. The van der Waals surface area contributed by atoms with E-state index in [-0.39, 0.29) is 11.9 Å². The summed E-state index contributed by atoms with van der Waals surface area (Å²) < 4.78 is 37.0. The molecule has 1 aliphatic carbocycles. The van der Waals surface area contributed by atoms with Gasteiger partial charge in [-0.1, -0.05) is 6.42 Å². The van der Waals surface area contributed by atoms with E-state index in [2.05, 4.69) is 15.5 Å². The summed E-state index contributed by atoms with van der Waals surface area (Å²) >= 11 is 0. The highest BCUT2D eigenvalue weighted by atomic mass is 19.4. The summed E-state index contributed by atoms with van der Waals surface area (Å²) in [4.78, 5) is 10.9. The van der Waals surface area contributed by atoms with Crippen LogP contribution in [-0.4, -0.2) is 27.3 Å². The van der Waals surface area contributed by atoms with E-state index in [0.29, 0.717) is 12.8 Å². The van der Waals surface area contributed by atoms with Crippen molar-refractivity contribution in [1.82, 2.24) is 10.2 Å². The van der Waals surface area contributed by atoms with Crippen molar-refractivity contribution in [2.75, 3.05) is 5.32 Å². The lowest BCUT2D eigenvalue weighted by Gasteiger charge is -2.27. The summed E-state index contributed by atoms with van der Waals surface area (Å²) in [7, 11) is 0. The lowest BCUT2D eigenvalue weighted by Crippen LogP contribution is -2.31. The molecule has 0 aliphatic heterocycles. The fourth-order valence-corrected chi connectivity index (χ4v) is 2.31. The minimum absolute atomic E-state index is 0.101. The predicted octanol–water partition coefficient (Wildman–Crippen LogP) is 2.55. The van der Waals surface area contributed by atoms with Crippen LogP contribution in [0.1, 0.15) is 31.4 Å². The number of hydrogen-bond acceptors (Lipinski definition) is 4. The van der Waals surface area contributed by atoms with Crippen LogP contribution < -0.4 is 5.32 Å². The highest BCUT2D eigenvalue weighted by Crippen LogP contribution is 2.28. The molecule has 2 unspecified atom stereocenters. The molecule has 5 nitrogen and oxygen atoms in total. The van der Waals surface area contributed by atoms with Gasteiger partial charge in [0.15, 0.2) is 5.69 Å². The number of hydrogen-bond donors (Lipinski definition) is 2. The third kappa shape index (κ3) is 3.58. The number of nitrogens with zero attached hydrogens (tertiary/aromatic N) is 2. The van der Waals surface area contributed by atoms with Crippen LogP contribution >= 0.6 is 0 Å². The van der Waals surface area contributed by atoms with Crippen LogP contribution in [0.3, 0.4) is 0 Å². The second kappa shape index (κ2) is 5.64. The van der Waals surface area contributed by atoms with Crippen molar-refractivity contribution in [2.45, 2.75) is 37.9 Å². The fourth-order valence-electron chi connectivity index (χ4n) is 2.31. The average Bonchev–Trinajstić information content (AvgIpc) is 2.38. The molecule has 2 N–H and O–H groups in total. The Morgan fingerprint density at radius 1 is 1.30 bits per heavy atom. The molecule has 1 saturated carbocycles. The van der Waals surface area contributed by atoms with Gasteiger partial charge in [-0.05, 0) is 31.4 Å². The number of carboxylic acids is 1. The highest BCUT2D eigenvalue weighted by molar-refractivity contribution is 5.70. The zero-order valence-corrected chi connectivity index (χ0v) is 10.5. The van der Waals surface area contributed by atoms with Gasteiger partial charge in [-0.3, -0.25) is 4.79 Å². The zero-order chi connectivity index (χ0) is 14.8. The lowest BCUT2D eigenvalue weighted by atomic mass is 9.86. The predicted molar refractivity (Wildman–Crippen MR) is 64.0 cm³/mol. The number of rotatable bonds is 3. The van der Waals surface area contributed by atoms with Crippen LogP contribution in [0.15, 0.2) is 12.1 Å². The van der Waals surface area contributed by atoms with Crippen molar-refractivity contribution < 1.29 is 23.1 Å². The van der Waals surface area contributed by atoms with Crippen LogP contribution in [0.5, 0.6) is 0 Å². The van der Waals surface area contributed by atoms with Gasteiger partial charge in [0.2, 0.25) is 0 Å². The summed E-state index contributed by atoms with van der Waals surface area (Å²) in [5.41, 5.74) is -1.05. The molecule has 0 spiro atoms. The van der Waals surface area contributed by atoms with Gasteiger partial charge in [-0.15, -0.1) is 10.2 Å². The average molecular weight is 289 g/mol. The Balaban J connectivity index is 1.98. The molecule has 0 saturated heterocycles. The molecule has 110 valence electrons. The van der Waals surface area contributed by atoms with Crippen molar-refractivity contribution >= 4 is 11.8 Å². The molecule has 0 amide bonds. The van der Waals surface area contributed by atoms with E-state index in [1.165, 1.54) is 6.07 Å². The molecular formula is C12H14F3N3O2. The molecule has 0 bridgehead atoms. The van der Waals surface area contributed by atoms with E-state index < -0.39 is 23.8 Å². The summed E-state index contributed by atoms with van der Waals surface area (Å²) in [5.74, 6) is -1.02. The van der Waals surface area contributed by atoms with Gasteiger partial charge >= 0.3 is 12.1 Å². The molecule has 2 atom stereocenters. The Morgan fingerprint density at radius 2 is 2.05 bits per heavy atom. The minimum atomic E-state index is -4.51. The fraction of sp³-hybridized carbons (Fsp3) is 0.583. The Labute approximate surface area is 113 Å². The topological polar surface area (TPSA) is 75.1 Å². The third-order valence-electron chi connectivity index (χ3n) is 3.33. The number of aliphatic carboxylic acids is 1. The zero-order valence-electron chi connectivity index (χ0n) is 10.5. The first-order valence-electron chi connectivity index (χ1n) is 6.26. The van der Waals surface area contributed by atoms with E-state index in [0.717, 1.165) is 18.9 Å². The van der Waals surface area contributed by atoms with Crippen molar-refractivity contribution in [2.24, 2.45) is 5.92 Å². The lowest BCUT2D eigenvalue weighted by molar-refractivity contribution is -0.143. The van der Waals surface area contributed by atoms with Gasteiger partial charge in [0.25, 0.3) is 0 Å². The van der Waals surface area contributed by atoms with E-state index in [4.69, 9.17) is 5.11 Å². The SMILES string of the molecule is O=C(O)C1CCCC(Nc2ccc(C(F)(F)F)nn2)C1. The highest BCUT2D eigenvalue weighted by Gasteiger charge is 2.33. The maximum atomic E-state index is 12.3. The first kappa shape index (κ1) is 14.5. The van der Waals surface area contributed by atoms with Gasteiger partial charge in [0, 0.05) is 6.04 Å².